The molecule has 4 rings (SSSR count). The number of rotatable bonds is 7. The number of nitrogens with zero attached hydrogens (tertiary/aromatic N) is 2. The molecule has 0 aliphatic carbocycles. The van der Waals surface area contributed by atoms with Gasteiger partial charge in [0.05, 0.1) is 0 Å². The SMILES string of the molecule is O=C(Nc1ccncc1)Nc1ccc(OC2CCN(Cc3ccc(C(O)(C(F)(F)F)C(F)(F)F)cc3)CC2)cc1. The average molecular weight is 569 g/mol. The summed E-state index contributed by atoms with van der Waals surface area (Å²) in [6.45, 7) is 1.54. The van der Waals surface area contributed by atoms with Gasteiger partial charge < -0.3 is 20.5 Å². The van der Waals surface area contributed by atoms with Gasteiger partial charge >= 0.3 is 18.4 Å². The number of likely N-dealkylation sites (tertiary alicyclic amines) is 1. The smallest absolute Gasteiger partial charge is 0.430 e. The van der Waals surface area contributed by atoms with Crippen LogP contribution in [0.1, 0.15) is 24.0 Å². The second kappa shape index (κ2) is 11.7. The van der Waals surface area contributed by atoms with Crippen molar-refractivity contribution in [3.8, 4) is 5.75 Å². The second-order valence-corrected chi connectivity index (χ2v) is 9.34. The highest BCUT2D eigenvalue weighted by atomic mass is 19.4. The van der Waals surface area contributed by atoms with Gasteiger partial charge in [0, 0.05) is 49.0 Å². The van der Waals surface area contributed by atoms with Gasteiger partial charge in [-0.25, -0.2) is 4.79 Å². The number of anilines is 2. The largest absolute Gasteiger partial charge is 0.490 e. The first kappa shape index (κ1) is 29.2. The van der Waals surface area contributed by atoms with Gasteiger partial charge in [-0.3, -0.25) is 9.88 Å². The summed E-state index contributed by atoms with van der Waals surface area (Å²) in [7, 11) is 0. The molecule has 0 saturated carbocycles. The summed E-state index contributed by atoms with van der Waals surface area (Å²) >= 11 is 0. The number of urea groups is 1. The van der Waals surface area contributed by atoms with Crippen LogP contribution in [0.5, 0.6) is 5.75 Å². The Balaban J connectivity index is 1.25. The molecule has 0 atom stereocenters. The molecule has 1 aliphatic heterocycles. The van der Waals surface area contributed by atoms with E-state index in [1.807, 2.05) is 4.90 Å². The van der Waals surface area contributed by atoms with Crippen molar-refractivity contribution in [3.05, 3.63) is 84.2 Å². The van der Waals surface area contributed by atoms with Crippen molar-refractivity contribution in [1.29, 1.82) is 0 Å². The molecule has 1 fully saturated rings. The number of carbonyl (C=O) groups excluding carboxylic acids is 1. The van der Waals surface area contributed by atoms with Crippen LogP contribution in [0, 0.1) is 0 Å². The fourth-order valence-electron chi connectivity index (χ4n) is 4.32. The molecule has 13 heteroatoms. The Hall–Kier alpha value is -3.84. The number of hydrogen-bond acceptors (Lipinski definition) is 5. The number of carbonyl (C=O) groups is 1. The zero-order chi connectivity index (χ0) is 29.0. The molecule has 3 N–H and O–H groups in total. The lowest BCUT2D eigenvalue weighted by Gasteiger charge is -2.33. The first-order valence-corrected chi connectivity index (χ1v) is 12.3. The van der Waals surface area contributed by atoms with E-state index < -0.39 is 29.5 Å². The third-order valence-electron chi connectivity index (χ3n) is 6.49. The predicted molar refractivity (Wildman–Crippen MR) is 135 cm³/mol. The molecule has 1 aromatic heterocycles. The minimum atomic E-state index is -5.92. The number of aromatic nitrogens is 1. The molecule has 0 bridgehead atoms. The Morgan fingerprint density at radius 2 is 1.38 bits per heavy atom. The van der Waals surface area contributed by atoms with Gasteiger partial charge in [-0.2, -0.15) is 26.3 Å². The molecule has 1 aliphatic rings. The van der Waals surface area contributed by atoms with E-state index in [0.29, 0.717) is 67.3 Å². The highest BCUT2D eigenvalue weighted by Gasteiger charge is 2.71. The number of pyridine rings is 1. The van der Waals surface area contributed by atoms with Crippen molar-refractivity contribution in [2.75, 3.05) is 23.7 Å². The molecule has 40 heavy (non-hydrogen) atoms. The normalized spacial score (nSPS) is 15.5. The molecule has 2 amide bonds. The molecule has 7 nitrogen and oxygen atoms in total. The molecular formula is C27H26F6N4O3. The second-order valence-electron chi connectivity index (χ2n) is 9.34. The highest BCUT2D eigenvalue weighted by Crippen LogP contribution is 2.50. The van der Waals surface area contributed by atoms with E-state index >= 15 is 0 Å². The van der Waals surface area contributed by atoms with E-state index in [1.54, 1.807) is 48.8 Å². The standard InChI is InChI=1S/C27H26F6N4O3/c28-26(29,30)25(39,27(31,32)33)19-3-1-18(2-4-19)17-37-15-11-23(12-16-37)40-22-7-5-20(6-8-22)35-24(38)36-21-9-13-34-14-10-21/h1-10,13-14,23,39H,11-12,15-17H2,(H2,34,35,36,38). The number of amides is 2. The topological polar surface area (TPSA) is 86.7 Å². The number of aliphatic hydroxyl groups is 1. The Kier molecular flexibility index (Phi) is 8.54. The molecule has 2 heterocycles. The fraction of sp³-hybridized carbons (Fsp3) is 0.333. The summed E-state index contributed by atoms with van der Waals surface area (Å²) in [5.41, 5.74) is -4.52. The van der Waals surface area contributed by atoms with E-state index in [4.69, 9.17) is 4.74 Å². The summed E-state index contributed by atoms with van der Waals surface area (Å²) in [6.07, 6.45) is -7.47. The zero-order valence-electron chi connectivity index (χ0n) is 21.0. The van der Waals surface area contributed by atoms with Crippen LogP contribution in [0.15, 0.2) is 73.1 Å². The molecule has 0 unspecified atom stereocenters. The van der Waals surface area contributed by atoms with Gasteiger partial charge in [-0.1, -0.05) is 24.3 Å². The van der Waals surface area contributed by atoms with Gasteiger partial charge in [0.2, 0.25) is 0 Å². The number of alkyl halides is 6. The molecule has 1 saturated heterocycles. The number of piperidine rings is 1. The van der Waals surface area contributed by atoms with E-state index in [2.05, 4.69) is 15.6 Å². The number of benzene rings is 2. The summed E-state index contributed by atoms with van der Waals surface area (Å²) in [5.74, 6) is 0.621. The van der Waals surface area contributed by atoms with Crippen LogP contribution in [0.25, 0.3) is 0 Å². The Labute approximate surface area is 225 Å². The molecule has 0 spiro atoms. The molecule has 3 aromatic rings. The van der Waals surface area contributed by atoms with Crippen LogP contribution in [0.3, 0.4) is 0 Å². The highest BCUT2D eigenvalue weighted by molar-refractivity contribution is 5.99. The lowest BCUT2D eigenvalue weighted by Crippen LogP contribution is -2.53. The maximum Gasteiger partial charge on any atom is 0.430 e. The van der Waals surface area contributed by atoms with Crippen molar-refractivity contribution in [3.63, 3.8) is 0 Å². The van der Waals surface area contributed by atoms with E-state index in [1.165, 1.54) is 0 Å². The van der Waals surface area contributed by atoms with Gasteiger partial charge in [0.15, 0.2) is 0 Å². The molecular weight excluding hydrogens is 542 g/mol. The van der Waals surface area contributed by atoms with Crippen LogP contribution in [-0.2, 0) is 12.1 Å². The third kappa shape index (κ3) is 6.83. The molecule has 2 aromatic carbocycles. The maximum atomic E-state index is 13.1. The zero-order valence-corrected chi connectivity index (χ0v) is 21.0. The number of halogens is 6. The van der Waals surface area contributed by atoms with Gasteiger partial charge in [-0.15, -0.1) is 0 Å². The Bertz CT molecular complexity index is 1250. The van der Waals surface area contributed by atoms with Gasteiger partial charge in [-0.05, 0) is 54.8 Å². The average Bonchev–Trinajstić information content (AvgIpc) is 2.90. The van der Waals surface area contributed by atoms with Crippen molar-refractivity contribution in [2.24, 2.45) is 0 Å². The maximum absolute atomic E-state index is 13.1. The lowest BCUT2D eigenvalue weighted by molar-refractivity contribution is -0.376. The van der Waals surface area contributed by atoms with Crippen molar-refractivity contribution in [2.45, 2.75) is 43.4 Å². The number of hydrogen-bond donors (Lipinski definition) is 3. The van der Waals surface area contributed by atoms with Crippen LogP contribution in [0.4, 0.5) is 42.5 Å². The third-order valence-corrected chi connectivity index (χ3v) is 6.49. The summed E-state index contributed by atoms with van der Waals surface area (Å²) in [6, 6.07) is 13.4. The number of nitrogens with one attached hydrogen (secondary N) is 2. The first-order valence-electron chi connectivity index (χ1n) is 12.3. The van der Waals surface area contributed by atoms with Crippen LogP contribution in [-0.4, -0.2) is 52.6 Å². The summed E-state index contributed by atoms with van der Waals surface area (Å²) in [5, 5.41) is 14.9. The molecule has 214 valence electrons. The van der Waals surface area contributed by atoms with Gasteiger partial charge in [0.1, 0.15) is 11.9 Å². The first-order chi connectivity index (χ1) is 18.8. The Morgan fingerprint density at radius 3 is 1.90 bits per heavy atom. The van der Waals surface area contributed by atoms with E-state index in [0.717, 1.165) is 12.1 Å². The minimum absolute atomic E-state index is 0.0824. The van der Waals surface area contributed by atoms with Gasteiger partial charge in [0.25, 0.3) is 5.60 Å². The fourth-order valence-corrected chi connectivity index (χ4v) is 4.32. The van der Waals surface area contributed by atoms with Crippen LogP contribution >= 0.6 is 0 Å². The van der Waals surface area contributed by atoms with Crippen LogP contribution < -0.4 is 15.4 Å². The van der Waals surface area contributed by atoms with Crippen molar-refractivity contribution < 1.29 is 41.0 Å². The van der Waals surface area contributed by atoms with E-state index in [-0.39, 0.29) is 6.10 Å². The minimum Gasteiger partial charge on any atom is -0.490 e. The quantitative estimate of drug-likeness (QED) is 0.301. The monoisotopic (exact) mass is 568 g/mol. The Morgan fingerprint density at radius 1 is 0.850 bits per heavy atom. The molecule has 0 radical (unpaired) electrons. The summed E-state index contributed by atoms with van der Waals surface area (Å²) in [4.78, 5) is 18.0. The summed E-state index contributed by atoms with van der Waals surface area (Å²) < 4.78 is 84.5. The number of ether oxygens (including phenoxy) is 1. The van der Waals surface area contributed by atoms with Crippen LogP contribution in [0.2, 0.25) is 0 Å². The van der Waals surface area contributed by atoms with Crippen molar-refractivity contribution >= 4 is 17.4 Å². The lowest BCUT2D eigenvalue weighted by atomic mass is 9.91. The predicted octanol–water partition coefficient (Wildman–Crippen LogP) is 6.08. The van der Waals surface area contributed by atoms with Crippen molar-refractivity contribution in [1.82, 2.24) is 9.88 Å². The van der Waals surface area contributed by atoms with E-state index in [9.17, 15) is 36.2 Å².